The van der Waals surface area contributed by atoms with Gasteiger partial charge in [-0.15, -0.1) is 0 Å². The van der Waals surface area contributed by atoms with Crippen molar-refractivity contribution in [2.45, 2.75) is 13.8 Å². The van der Waals surface area contributed by atoms with Crippen LogP contribution in [0.15, 0.2) is 59.1 Å². The summed E-state index contributed by atoms with van der Waals surface area (Å²) in [5.41, 5.74) is 2.40. The molecule has 1 heterocycles. The van der Waals surface area contributed by atoms with Crippen LogP contribution < -0.4 is 15.5 Å². The van der Waals surface area contributed by atoms with E-state index in [1.165, 1.54) is 30.9 Å². The molecule has 38 heavy (non-hydrogen) atoms. The van der Waals surface area contributed by atoms with Gasteiger partial charge in [-0.2, -0.15) is 5.26 Å². The summed E-state index contributed by atoms with van der Waals surface area (Å²) < 4.78 is 5.43. The maximum atomic E-state index is 13.1. The number of nitrogens with zero attached hydrogens (tertiary/aromatic N) is 3. The number of nitriles is 1. The Morgan fingerprint density at radius 1 is 1.00 bits per heavy atom. The number of anilines is 3. The first-order valence-corrected chi connectivity index (χ1v) is 11.2. The number of hydrogen-bond donors (Lipinski definition) is 3. The number of fused-ring (bicyclic) bond motifs is 1. The number of carboxylic acid groups (broad SMARTS) is 1. The van der Waals surface area contributed by atoms with Gasteiger partial charge in [0, 0.05) is 32.1 Å². The van der Waals surface area contributed by atoms with E-state index in [2.05, 4.69) is 15.8 Å². The zero-order valence-electron chi connectivity index (χ0n) is 20.5. The van der Waals surface area contributed by atoms with Crippen LogP contribution in [0.1, 0.15) is 40.3 Å². The first-order chi connectivity index (χ1) is 18.1. The fourth-order valence-corrected chi connectivity index (χ4v) is 3.83. The van der Waals surface area contributed by atoms with Gasteiger partial charge in [0.1, 0.15) is 0 Å². The zero-order valence-corrected chi connectivity index (χ0v) is 20.5. The molecule has 190 valence electrons. The summed E-state index contributed by atoms with van der Waals surface area (Å²) in [5.74, 6) is -2.52. The number of benzene rings is 3. The molecule has 3 amide bonds. The van der Waals surface area contributed by atoms with Crippen molar-refractivity contribution in [1.29, 1.82) is 5.26 Å². The van der Waals surface area contributed by atoms with Gasteiger partial charge >= 0.3 is 5.97 Å². The molecule has 3 aromatic carbocycles. The van der Waals surface area contributed by atoms with Crippen molar-refractivity contribution in [1.82, 2.24) is 5.16 Å². The molecule has 0 atom stereocenters. The van der Waals surface area contributed by atoms with Crippen LogP contribution in [-0.4, -0.2) is 41.0 Å². The van der Waals surface area contributed by atoms with Gasteiger partial charge < -0.3 is 25.2 Å². The average Bonchev–Trinajstić information content (AvgIpc) is 3.30. The fourth-order valence-electron chi connectivity index (χ4n) is 3.83. The van der Waals surface area contributed by atoms with Crippen molar-refractivity contribution >= 4 is 51.7 Å². The first-order valence-electron chi connectivity index (χ1n) is 11.2. The lowest BCUT2D eigenvalue weighted by atomic mass is 10.00. The van der Waals surface area contributed by atoms with E-state index in [0.717, 1.165) is 11.6 Å². The van der Waals surface area contributed by atoms with Crippen molar-refractivity contribution in [3.05, 3.63) is 71.4 Å². The van der Waals surface area contributed by atoms with Crippen LogP contribution in [0.5, 0.6) is 0 Å². The van der Waals surface area contributed by atoms with Gasteiger partial charge in [-0.1, -0.05) is 17.3 Å². The van der Waals surface area contributed by atoms with Crippen LogP contribution in [0.3, 0.4) is 0 Å². The molecule has 0 radical (unpaired) electrons. The van der Waals surface area contributed by atoms with Gasteiger partial charge in [-0.25, -0.2) is 4.79 Å². The summed E-state index contributed by atoms with van der Waals surface area (Å²) in [4.78, 5) is 49.8. The second kappa shape index (κ2) is 10.2. The summed E-state index contributed by atoms with van der Waals surface area (Å²) in [6, 6.07) is 15.9. The van der Waals surface area contributed by atoms with Crippen molar-refractivity contribution < 1.29 is 28.8 Å². The molecule has 0 spiro atoms. The number of aromatic carboxylic acids is 1. The van der Waals surface area contributed by atoms with Crippen LogP contribution in [0, 0.1) is 11.3 Å². The van der Waals surface area contributed by atoms with Gasteiger partial charge in [0.2, 0.25) is 11.8 Å². The summed E-state index contributed by atoms with van der Waals surface area (Å²) in [6.07, 6.45) is 0. The van der Waals surface area contributed by atoms with E-state index >= 15 is 0 Å². The number of amides is 3. The number of rotatable bonds is 6. The molecule has 1 aromatic heterocycles. The minimum Gasteiger partial charge on any atom is -0.478 e. The SMILES string of the molecule is CC(=O)Nc1ccc(-c2cc3onc(C(=O)Nc4ccc(C#N)cc4C(=O)O)c3cc2N(C)C(C)=O)cc1. The Labute approximate surface area is 216 Å². The Hall–Kier alpha value is -5.50. The zero-order chi connectivity index (χ0) is 27.6. The lowest BCUT2D eigenvalue weighted by molar-refractivity contribution is -0.116. The van der Waals surface area contributed by atoms with E-state index in [1.54, 1.807) is 43.4 Å². The van der Waals surface area contributed by atoms with E-state index in [0.29, 0.717) is 22.3 Å². The number of aromatic nitrogens is 1. The number of carboxylic acids is 1. The predicted octanol–water partition coefficient (Wildman–Crippen LogP) is 4.26. The van der Waals surface area contributed by atoms with E-state index in [1.807, 2.05) is 6.07 Å². The Kier molecular flexibility index (Phi) is 6.89. The second-order valence-corrected chi connectivity index (χ2v) is 8.36. The number of carbonyl (C=O) groups is 4. The van der Waals surface area contributed by atoms with Gasteiger partial charge in [0.15, 0.2) is 11.3 Å². The third-order valence-electron chi connectivity index (χ3n) is 5.78. The van der Waals surface area contributed by atoms with Crippen molar-refractivity contribution in [2.75, 3.05) is 22.6 Å². The number of carbonyl (C=O) groups excluding carboxylic acids is 3. The molecule has 0 saturated heterocycles. The highest BCUT2D eigenvalue weighted by molar-refractivity contribution is 6.14. The standard InChI is InChI=1S/C27H21N5O6/c1-14(33)29-18-7-5-17(6-8-18)19-12-24-21(11-23(19)32(3)15(2)34)25(31-38-24)26(35)30-22-9-4-16(13-28)10-20(22)27(36)37/h4-12H,1-3H3,(H,29,33)(H,30,35)(H,36,37). The highest BCUT2D eigenvalue weighted by Gasteiger charge is 2.23. The van der Waals surface area contributed by atoms with Gasteiger partial charge in [0.05, 0.1) is 34.0 Å². The van der Waals surface area contributed by atoms with Gasteiger partial charge in [-0.05, 0) is 48.0 Å². The molecule has 0 aliphatic carbocycles. The fraction of sp³-hybridized carbons (Fsp3) is 0.111. The molecule has 4 aromatic rings. The van der Waals surface area contributed by atoms with Crippen LogP contribution in [0.2, 0.25) is 0 Å². The maximum Gasteiger partial charge on any atom is 0.337 e. The van der Waals surface area contributed by atoms with Crippen molar-refractivity contribution in [2.24, 2.45) is 0 Å². The lowest BCUT2D eigenvalue weighted by Gasteiger charge is -2.20. The lowest BCUT2D eigenvalue weighted by Crippen LogP contribution is -2.23. The third kappa shape index (κ3) is 5.05. The van der Waals surface area contributed by atoms with Crippen LogP contribution >= 0.6 is 0 Å². The van der Waals surface area contributed by atoms with Crippen LogP contribution in [0.4, 0.5) is 17.1 Å². The first kappa shape index (κ1) is 25.6. The molecule has 3 N–H and O–H groups in total. The number of hydrogen-bond acceptors (Lipinski definition) is 7. The second-order valence-electron chi connectivity index (χ2n) is 8.36. The van der Waals surface area contributed by atoms with Crippen molar-refractivity contribution in [3.8, 4) is 17.2 Å². The van der Waals surface area contributed by atoms with Crippen LogP contribution in [0.25, 0.3) is 22.1 Å². The predicted molar refractivity (Wildman–Crippen MR) is 139 cm³/mol. The van der Waals surface area contributed by atoms with E-state index in [9.17, 15) is 24.3 Å². The Balaban J connectivity index is 1.77. The summed E-state index contributed by atoms with van der Waals surface area (Å²) in [5, 5.41) is 27.9. The topological polar surface area (TPSA) is 166 Å². The highest BCUT2D eigenvalue weighted by Crippen LogP contribution is 2.36. The summed E-state index contributed by atoms with van der Waals surface area (Å²) in [6.45, 7) is 2.80. The van der Waals surface area contributed by atoms with Crippen LogP contribution in [-0.2, 0) is 9.59 Å². The molecule has 0 unspecified atom stereocenters. The minimum absolute atomic E-state index is 0.0189. The Morgan fingerprint density at radius 2 is 1.71 bits per heavy atom. The van der Waals surface area contributed by atoms with E-state index < -0.39 is 11.9 Å². The monoisotopic (exact) mass is 511 g/mol. The number of nitrogens with one attached hydrogen (secondary N) is 2. The largest absolute Gasteiger partial charge is 0.478 e. The Morgan fingerprint density at radius 3 is 2.32 bits per heavy atom. The molecule has 4 rings (SSSR count). The third-order valence-corrected chi connectivity index (χ3v) is 5.78. The average molecular weight is 511 g/mol. The maximum absolute atomic E-state index is 13.1. The smallest absolute Gasteiger partial charge is 0.337 e. The van der Waals surface area contributed by atoms with E-state index in [-0.39, 0.29) is 39.9 Å². The molecule has 11 heteroatoms. The quantitative estimate of drug-likeness (QED) is 0.345. The van der Waals surface area contributed by atoms with Gasteiger partial charge in [0.25, 0.3) is 5.91 Å². The minimum atomic E-state index is -1.32. The molecule has 11 nitrogen and oxygen atoms in total. The molecule has 0 aliphatic rings. The molecular weight excluding hydrogens is 490 g/mol. The molecule has 0 saturated carbocycles. The van der Waals surface area contributed by atoms with Gasteiger partial charge in [-0.3, -0.25) is 14.4 Å². The normalized spacial score (nSPS) is 10.5. The van der Waals surface area contributed by atoms with Crippen molar-refractivity contribution in [3.63, 3.8) is 0 Å². The Bertz CT molecular complexity index is 1650. The molecule has 0 aliphatic heterocycles. The molecular formula is C27H21N5O6. The molecule has 0 bridgehead atoms. The highest BCUT2D eigenvalue weighted by atomic mass is 16.5. The van der Waals surface area contributed by atoms with E-state index in [4.69, 9.17) is 9.78 Å². The summed E-state index contributed by atoms with van der Waals surface area (Å²) in [7, 11) is 1.59. The summed E-state index contributed by atoms with van der Waals surface area (Å²) >= 11 is 0. The molecule has 0 fully saturated rings.